The van der Waals surface area contributed by atoms with Crippen LogP contribution in [0.15, 0.2) is 18.2 Å². The molecule has 0 amide bonds. The molecule has 5 heteroatoms. The van der Waals surface area contributed by atoms with Gasteiger partial charge < -0.3 is 10.5 Å². The third-order valence-electron chi connectivity index (χ3n) is 3.22. The Morgan fingerprint density at radius 3 is 2.65 bits per heavy atom. The van der Waals surface area contributed by atoms with Gasteiger partial charge in [-0.3, -0.25) is 4.68 Å². The zero-order valence-corrected chi connectivity index (χ0v) is 13.0. The van der Waals surface area contributed by atoms with E-state index in [0.29, 0.717) is 11.4 Å². The Morgan fingerprint density at radius 2 is 2.10 bits per heavy atom. The summed E-state index contributed by atoms with van der Waals surface area (Å²) in [5.74, 6) is 1.58. The highest BCUT2D eigenvalue weighted by Crippen LogP contribution is 2.32. The summed E-state index contributed by atoms with van der Waals surface area (Å²) in [6.07, 6.45) is 0.717. The standard InChI is InChI=1S/C15H20ClN3O/c1-9(17)7-12-8-13(16)5-6-14(12)20-15-10(2)18-19(4)11(15)3/h5-6,8-9H,7,17H2,1-4H3. The molecule has 0 aliphatic rings. The van der Waals surface area contributed by atoms with Crippen LogP contribution in [0.1, 0.15) is 23.9 Å². The van der Waals surface area contributed by atoms with Crippen molar-refractivity contribution < 1.29 is 4.74 Å². The smallest absolute Gasteiger partial charge is 0.171 e. The molecule has 1 unspecified atom stereocenters. The Morgan fingerprint density at radius 1 is 1.40 bits per heavy atom. The maximum atomic E-state index is 6.06. The molecule has 2 N–H and O–H groups in total. The van der Waals surface area contributed by atoms with E-state index in [1.165, 1.54) is 0 Å². The Bertz CT molecular complexity index is 620. The highest BCUT2D eigenvalue weighted by atomic mass is 35.5. The molecule has 2 rings (SSSR count). The normalized spacial score (nSPS) is 12.5. The number of nitrogens with two attached hydrogens (primary N) is 1. The highest BCUT2D eigenvalue weighted by molar-refractivity contribution is 6.30. The van der Waals surface area contributed by atoms with Crippen LogP contribution in [0.25, 0.3) is 0 Å². The fourth-order valence-corrected chi connectivity index (χ4v) is 2.36. The molecule has 0 saturated carbocycles. The number of rotatable bonds is 4. The minimum Gasteiger partial charge on any atom is -0.453 e. The van der Waals surface area contributed by atoms with E-state index in [2.05, 4.69) is 5.10 Å². The van der Waals surface area contributed by atoms with Gasteiger partial charge >= 0.3 is 0 Å². The maximum absolute atomic E-state index is 6.06. The number of nitrogens with zero attached hydrogens (tertiary/aromatic N) is 2. The van der Waals surface area contributed by atoms with Crippen molar-refractivity contribution in [2.45, 2.75) is 33.2 Å². The number of ether oxygens (including phenoxy) is 1. The summed E-state index contributed by atoms with van der Waals surface area (Å²) in [7, 11) is 1.90. The molecule has 0 spiro atoms. The van der Waals surface area contributed by atoms with Crippen molar-refractivity contribution in [1.82, 2.24) is 9.78 Å². The second-order valence-electron chi connectivity index (χ2n) is 5.16. The molecule has 1 heterocycles. The lowest BCUT2D eigenvalue weighted by molar-refractivity contribution is 0.466. The number of halogens is 1. The van der Waals surface area contributed by atoms with Crippen molar-refractivity contribution in [2.75, 3.05) is 0 Å². The van der Waals surface area contributed by atoms with Crippen molar-refractivity contribution in [3.63, 3.8) is 0 Å². The van der Waals surface area contributed by atoms with Gasteiger partial charge in [-0.2, -0.15) is 5.10 Å². The lowest BCUT2D eigenvalue weighted by atomic mass is 10.1. The summed E-state index contributed by atoms with van der Waals surface area (Å²) in [4.78, 5) is 0. The molecule has 108 valence electrons. The van der Waals surface area contributed by atoms with Gasteiger partial charge in [-0.15, -0.1) is 0 Å². The van der Waals surface area contributed by atoms with Gasteiger partial charge in [0.15, 0.2) is 5.75 Å². The van der Waals surface area contributed by atoms with Gasteiger partial charge in [-0.1, -0.05) is 11.6 Å². The lowest BCUT2D eigenvalue weighted by Gasteiger charge is -2.13. The van der Waals surface area contributed by atoms with Crippen LogP contribution in [0.4, 0.5) is 0 Å². The average Bonchev–Trinajstić information content (AvgIpc) is 2.58. The summed E-state index contributed by atoms with van der Waals surface area (Å²) >= 11 is 6.06. The topological polar surface area (TPSA) is 53.1 Å². The molecule has 1 atom stereocenters. The van der Waals surface area contributed by atoms with E-state index in [4.69, 9.17) is 22.1 Å². The molecule has 1 aromatic carbocycles. The monoisotopic (exact) mass is 293 g/mol. The van der Waals surface area contributed by atoms with Crippen LogP contribution in [-0.4, -0.2) is 15.8 Å². The van der Waals surface area contributed by atoms with Gasteiger partial charge in [-0.25, -0.2) is 0 Å². The molecular formula is C15H20ClN3O. The average molecular weight is 294 g/mol. The Kier molecular flexibility index (Phi) is 4.35. The minimum atomic E-state index is 0.0481. The number of aryl methyl sites for hydroxylation is 2. The fraction of sp³-hybridized carbons (Fsp3) is 0.400. The number of hydrogen-bond acceptors (Lipinski definition) is 3. The summed E-state index contributed by atoms with van der Waals surface area (Å²) in [6.45, 7) is 5.88. The second kappa shape index (κ2) is 5.85. The zero-order valence-electron chi connectivity index (χ0n) is 12.3. The van der Waals surface area contributed by atoms with Gasteiger partial charge in [0.2, 0.25) is 0 Å². The molecule has 0 fully saturated rings. The predicted molar refractivity (Wildman–Crippen MR) is 81.6 cm³/mol. The van der Waals surface area contributed by atoms with Crippen LogP contribution in [0.3, 0.4) is 0 Å². The molecule has 0 radical (unpaired) electrons. The van der Waals surface area contributed by atoms with Crippen molar-refractivity contribution >= 4 is 11.6 Å². The summed E-state index contributed by atoms with van der Waals surface area (Å²) in [5.41, 5.74) is 8.75. The molecule has 0 aliphatic heterocycles. The third kappa shape index (κ3) is 3.14. The summed E-state index contributed by atoms with van der Waals surface area (Å²) < 4.78 is 7.86. The molecular weight excluding hydrogens is 274 g/mol. The molecule has 20 heavy (non-hydrogen) atoms. The first kappa shape index (κ1) is 14.9. The summed E-state index contributed by atoms with van der Waals surface area (Å²) in [6, 6.07) is 5.66. The van der Waals surface area contributed by atoms with Crippen LogP contribution in [0.5, 0.6) is 11.5 Å². The SMILES string of the molecule is Cc1nn(C)c(C)c1Oc1ccc(Cl)cc1CC(C)N. The van der Waals surface area contributed by atoms with Crippen LogP contribution in [-0.2, 0) is 13.5 Å². The lowest BCUT2D eigenvalue weighted by Crippen LogP contribution is -2.18. The predicted octanol–water partition coefficient (Wildman–Crippen LogP) is 3.37. The van der Waals surface area contributed by atoms with Gasteiger partial charge in [0.25, 0.3) is 0 Å². The molecule has 0 aliphatic carbocycles. The highest BCUT2D eigenvalue weighted by Gasteiger charge is 2.14. The van der Waals surface area contributed by atoms with E-state index in [0.717, 1.165) is 28.5 Å². The van der Waals surface area contributed by atoms with E-state index < -0.39 is 0 Å². The quantitative estimate of drug-likeness (QED) is 0.940. The Hall–Kier alpha value is -1.52. The molecule has 4 nitrogen and oxygen atoms in total. The minimum absolute atomic E-state index is 0.0481. The molecule has 0 bridgehead atoms. The van der Waals surface area contributed by atoms with E-state index in [1.807, 2.05) is 50.7 Å². The molecule has 2 aromatic rings. The number of aromatic nitrogens is 2. The van der Waals surface area contributed by atoms with E-state index in [1.54, 1.807) is 0 Å². The maximum Gasteiger partial charge on any atom is 0.171 e. The van der Waals surface area contributed by atoms with Crippen LogP contribution in [0, 0.1) is 13.8 Å². The molecule has 0 saturated heterocycles. The largest absolute Gasteiger partial charge is 0.453 e. The van der Waals surface area contributed by atoms with Crippen LogP contribution >= 0.6 is 11.6 Å². The zero-order chi connectivity index (χ0) is 14.9. The first-order valence-electron chi connectivity index (χ1n) is 6.60. The van der Waals surface area contributed by atoms with E-state index in [-0.39, 0.29) is 6.04 Å². The number of benzene rings is 1. The second-order valence-corrected chi connectivity index (χ2v) is 5.60. The summed E-state index contributed by atoms with van der Waals surface area (Å²) in [5, 5.41) is 5.04. The van der Waals surface area contributed by atoms with Gasteiger partial charge in [0.05, 0.1) is 5.69 Å². The van der Waals surface area contributed by atoms with Crippen molar-refractivity contribution in [3.05, 3.63) is 40.2 Å². The van der Waals surface area contributed by atoms with E-state index >= 15 is 0 Å². The van der Waals surface area contributed by atoms with Crippen molar-refractivity contribution in [2.24, 2.45) is 12.8 Å². The Balaban J connectivity index is 2.37. The third-order valence-corrected chi connectivity index (χ3v) is 3.45. The fourth-order valence-electron chi connectivity index (χ4n) is 2.17. The van der Waals surface area contributed by atoms with Crippen LogP contribution in [0.2, 0.25) is 5.02 Å². The van der Waals surface area contributed by atoms with Crippen LogP contribution < -0.4 is 10.5 Å². The van der Waals surface area contributed by atoms with Crippen molar-refractivity contribution in [1.29, 1.82) is 0 Å². The van der Waals surface area contributed by atoms with Gasteiger partial charge in [0.1, 0.15) is 11.4 Å². The van der Waals surface area contributed by atoms with Crippen molar-refractivity contribution in [3.8, 4) is 11.5 Å². The van der Waals surface area contributed by atoms with Gasteiger partial charge in [-0.05, 0) is 51.0 Å². The van der Waals surface area contributed by atoms with E-state index in [9.17, 15) is 0 Å². The first-order valence-corrected chi connectivity index (χ1v) is 6.98. The number of hydrogen-bond donors (Lipinski definition) is 1. The van der Waals surface area contributed by atoms with Gasteiger partial charge in [0, 0.05) is 18.1 Å². The Labute approximate surface area is 124 Å². The molecule has 1 aromatic heterocycles. The first-order chi connectivity index (χ1) is 9.38.